The van der Waals surface area contributed by atoms with Crippen molar-refractivity contribution in [3.63, 3.8) is 0 Å². The van der Waals surface area contributed by atoms with Crippen LogP contribution < -0.4 is 0 Å². The Morgan fingerprint density at radius 3 is 2.56 bits per heavy atom. The third-order valence-corrected chi connectivity index (χ3v) is 1.94. The van der Waals surface area contributed by atoms with E-state index in [-0.39, 0.29) is 12.2 Å². The number of hydrogen-bond donors (Lipinski definition) is 1. The third-order valence-electron chi connectivity index (χ3n) is 1.94. The Labute approximate surface area is 55.8 Å². The van der Waals surface area contributed by atoms with E-state index in [4.69, 9.17) is 4.74 Å². The zero-order valence-electron chi connectivity index (χ0n) is 6.00. The number of ether oxygens (including phenoxy) is 1. The second kappa shape index (κ2) is 2.67. The third kappa shape index (κ3) is 1.25. The minimum atomic E-state index is -0.227. The summed E-state index contributed by atoms with van der Waals surface area (Å²) in [6.45, 7) is 4.77. The van der Waals surface area contributed by atoms with Gasteiger partial charge in [-0.25, -0.2) is 0 Å². The van der Waals surface area contributed by atoms with Gasteiger partial charge in [-0.2, -0.15) is 0 Å². The highest BCUT2D eigenvalue weighted by Gasteiger charge is 2.30. The molecule has 9 heavy (non-hydrogen) atoms. The second-order valence-electron chi connectivity index (χ2n) is 2.75. The molecule has 1 rings (SSSR count). The standard InChI is InChI=1S/C7H14O2/c1-3-6-7(8)5(2)4-9-6/h5-8H,3-4H2,1-2H3/t5-,6-,7-/m1/s1. The molecule has 0 radical (unpaired) electrons. The second-order valence-corrected chi connectivity index (χ2v) is 2.75. The predicted molar refractivity (Wildman–Crippen MR) is 35.2 cm³/mol. The first-order chi connectivity index (χ1) is 4.25. The zero-order valence-corrected chi connectivity index (χ0v) is 6.00. The number of hydrogen-bond acceptors (Lipinski definition) is 2. The van der Waals surface area contributed by atoms with Crippen molar-refractivity contribution in [2.24, 2.45) is 5.92 Å². The van der Waals surface area contributed by atoms with Crippen LogP contribution in [0.2, 0.25) is 0 Å². The van der Waals surface area contributed by atoms with Gasteiger partial charge < -0.3 is 9.84 Å². The van der Waals surface area contributed by atoms with Crippen molar-refractivity contribution in [1.29, 1.82) is 0 Å². The maximum atomic E-state index is 9.33. The van der Waals surface area contributed by atoms with Crippen molar-refractivity contribution in [1.82, 2.24) is 0 Å². The van der Waals surface area contributed by atoms with E-state index in [1.807, 2.05) is 13.8 Å². The van der Waals surface area contributed by atoms with Gasteiger partial charge in [0, 0.05) is 5.92 Å². The molecule has 1 N–H and O–H groups in total. The van der Waals surface area contributed by atoms with Gasteiger partial charge in [-0.05, 0) is 6.42 Å². The molecule has 2 nitrogen and oxygen atoms in total. The SMILES string of the molecule is CC[C@H]1OC[C@@H](C)[C@H]1O. The van der Waals surface area contributed by atoms with Crippen LogP contribution in [0.3, 0.4) is 0 Å². The molecule has 2 heteroatoms. The minimum Gasteiger partial charge on any atom is -0.390 e. The van der Waals surface area contributed by atoms with Crippen molar-refractivity contribution < 1.29 is 9.84 Å². The van der Waals surface area contributed by atoms with Crippen molar-refractivity contribution in [2.75, 3.05) is 6.61 Å². The van der Waals surface area contributed by atoms with Crippen LogP contribution in [-0.4, -0.2) is 23.9 Å². The van der Waals surface area contributed by atoms with E-state index in [2.05, 4.69) is 0 Å². The molecule has 0 aromatic rings. The Hall–Kier alpha value is -0.0800. The topological polar surface area (TPSA) is 29.5 Å². The van der Waals surface area contributed by atoms with Crippen molar-refractivity contribution in [3.05, 3.63) is 0 Å². The summed E-state index contributed by atoms with van der Waals surface area (Å²) in [4.78, 5) is 0. The maximum Gasteiger partial charge on any atom is 0.0849 e. The van der Waals surface area contributed by atoms with Gasteiger partial charge in [0.25, 0.3) is 0 Å². The fourth-order valence-corrected chi connectivity index (χ4v) is 1.20. The lowest BCUT2D eigenvalue weighted by molar-refractivity contribution is 0.0375. The highest BCUT2D eigenvalue weighted by molar-refractivity contribution is 4.79. The van der Waals surface area contributed by atoms with Crippen LogP contribution >= 0.6 is 0 Å². The molecule has 1 aliphatic heterocycles. The van der Waals surface area contributed by atoms with Gasteiger partial charge in [-0.1, -0.05) is 13.8 Å². The molecule has 1 saturated heterocycles. The summed E-state index contributed by atoms with van der Waals surface area (Å²) in [6.07, 6.45) is 0.792. The molecule has 0 aromatic carbocycles. The first-order valence-electron chi connectivity index (χ1n) is 3.55. The molecule has 1 heterocycles. The largest absolute Gasteiger partial charge is 0.390 e. The molecular weight excluding hydrogens is 116 g/mol. The summed E-state index contributed by atoms with van der Waals surface area (Å²) in [7, 11) is 0. The fourth-order valence-electron chi connectivity index (χ4n) is 1.20. The van der Waals surface area contributed by atoms with Crippen LogP contribution in [-0.2, 0) is 4.74 Å². The molecule has 54 valence electrons. The smallest absolute Gasteiger partial charge is 0.0849 e. The molecule has 0 bridgehead atoms. The molecular formula is C7H14O2. The van der Waals surface area contributed by atoms with Gasteiger partial charge in [-0.3, -0.25) is 0 Å². The van der Waals surface area contributed by atoms with E-state index in [1.54, 1.807) is 0 Å². The summed E-state index contributed by atoms with van der Waals surface area (Å²) in [6, 6.07) is 0. The van der Waals surface area contributed by atoms with Crippen LogP contribution in [0.15, 0.2) is 0 Å². The molecule has 0 saturated carbocycles. The number of rotatable bonds is 1. The lowest BCUT2D eigenvalue weighted by Gasteiger charge is -2.11. The highest BCUT2D eigenvalue weighted by atomic mass is 16.5. The molecule has 0 aromatic heterocycles. The van der Waals surface area contributed by atoms with Crippen LogP contribution in [0.4, 0.5) is 0 Å². The normalized spacial score (nSPS) is 43.7. The van der Waals surface area contributed by atoms with Gasteiger partial charge >= 0.3 is 0 Å². The molecule has 1 fully saturated rings. The summed E-state index contributed by atoms with van der Waals surface area (Å²) >= 11 is 0. The van der Waals surface area contributed by atoms with E-state index in [1.165, 1.54) is 0 Å². The summed E-state index contributed by atoms with van der Waals surface area (Å²) < 4.78 is 5.28. The van der Waals surface area contributed by atoms with Crippen LogP contribution in [0.25, 0.3) is 0 Å². The van der Waals surface area contributed by atoms with Gasteiger partial charge in [0.15, 0.2) is 0 Å². The Kier molecular flexibility index (Phi) is 2.09. The highest BCUT2D eigenvalue weighted by Crippen LogP contribution is 2.21. The van der Waals surface area contributed by atoms with E-state index >= 15 is 0 Å². The van der Waals surface area contributed by atoms with E-state index in [9.17, 15) is 5.11 Å². The van der Waals surface area contributed by atoms with Gasteiger partial charge in [0.1, 0.15) is 0 Å². The van der Waals surface area contributed by atoms with Gasteiger partial charge in [0.2, 0.25) is 0 Å². The van der Waals surface area contributed by atoms with Crippen LogP contribution in [0.1, 0.15) is 20.3 Å². The molecule has 0 spiro atoms. The molecule has 1 aliphatic rings. The quantitative estimate of drug-likeness (QED) is 0.568. The van der Waals surface area contributed by atoms with E-state index < -0.39 is 0 Å². The van der Waals surface area contributed by atoms with Crippen LogP contribution in [0, 0.1) is 5.92 Å². The Balaban J connectivity index is 2.41. The summed E-state index contributed by atoms with van der Waals surface area (Å²) in [5, 5.41) is 9.33. The first-order valence-corrected chi connectivity index (χ1v) is 3.55. The Morgan fingerprint density at radius 1 is 1.67 bits per heavy atom. The molecule has 0 amide bonds. The first kappa shape index (κ1) is 7.03. The Morgan fingerprint density at radius 2 is 2.33 bits per heavy atom. The lowest BCUT2D eigenvalue weighted by Crippen LogP contribution is -2.23. The minimum absolute atomic E-state index is 0.0972. The lowest BCUT2D eigenvalue weighted by atomic mass is 10.0. The van der Waals surface area contributed by atoms with E-state index in [0.29, 0.717) is 5.92 Å². The maximum absolute atomic E-state index is 9.33. The number of aliphatic hydroxyl groups excluding tert-OH is 1. The van der Waals surface area contributed by atoms with E-state index in [0.717, 1.165) is 13.0 Å². The average Bonchev–Trinajstić information content (AvgIpc) is 2.15. The number of aliphatic hydroxyl groups is 1. The zero-order chi connectivity index (χ0) is 6.85. The summed E-state index contributed by atoms with van der Waals surface area (Å²) in [5.41, 5.74) is 0. The molecule has 3 atom stereocenters. The summed E-state index contributed by atoms with van der Waals surface area (Å²) in [5.74, 6) is 0.329. The van der Waals surface area contributed by atoms with Crippen molar-refractivity contribution >= 4 is 0 Å². The average molecular weight is 130 g/mol. The van der Waals surface area contributed by atoms with Crippen LogP contribution in [0.5, 0.6) is 0 Å². The van der Waals surface area contributed by atoms with Crippen molar-refractivity contribution in [3.8, 4) is 0 Å². The monoisotopic (exact) mass is 130 g/mol. The fraction of sp³-hybridized carbons (Fsp3) is 1.00. The Bertz CT molecular complexity index is 92.9. The van der Waals surface area contributed by atoms with Gasteiger partial charge in [-0.15, -0.1) is 0 Å². The van der Waals surface area contributed by atoms with Crippen molar-refractivity contribution in [2.45, 2.75) is 32.5 Å². The molecule has 0 aliphatic carbocycles. The molecule has 0 unspecified atom stereocenters. The van der Waals surface area contributed by atoms with Gasteiger partial charge in [0.05, 0.1) is 18.8 Å². The predicted octanol–water partition coefficient (Wildman–Crippen LogP) is 0.792.